The fourth-order valence-electron chi connectivity index (χ4n) is 3.95. The number of unbranched alkanes of at least 4 members (excludes halogenated alkanes) is 1. The third kappa shape index (κ3) is 5.41. The summed E-state index contributed by atoms with van der Waals surface area (Å²) < 4.78 is 44.9. The Morgan fingerprint density at radius 2 is 1.84 bits per heavy atom. The summed E-state index contributed by atoms with van der Waals surface area (Å²) in [5.41, 5.74) is 0.0706. The van der Waals surface area contributed by atoms with Gasteiger partial charge in [-0.15, -0.1) is 0 Å². The second-order valence-electron chi connectivity index (χ2n) is 7.92. The highest BCUT2D eigenvalue weighted by Crippen LogP contribution is 2.37. The van der Waals surface area contributed by atoms with Gasteiger partial charge >= 0.3 is 6.18 Å². The summed E-state index contributed by atoms with van der Waals surface area (Å²) in [5.74, 6) is -1.06. The number of hydrogen-bond acceptors (Lipinski definition) is 3. The molecular formula is C24H27F3N2O3. The van der Waals surface area contributed by atoms with Crippen molar-refractivity contribution < 1.29 is 27.5 Å². The van der Waals surface area contributed by atoms with Gasteiger partial charge in [0.1, 0.15) is 5.75 Å². The van der Waals surface area contributed by atoms with Crippen LogP contribution in [0.1, 0.15) is 47.2 Å². The minimum absolute atomic E-state index is 0.143. The Hall–Kier alpha value is -3.03. The zero-order valence-electron chi connectivity index (χ0n) is 18.1. The Labute approximate surface area is 185 Å². The highest BCUT2D eigenvalue weighted by Gasteiger charge is 2.41. The molecule has 1 saturated heterocycles. The normalized spacial score (nSPS) is 18.5. The van der Waals surface area contributed by atoms with Gasteiger partial charge < -0.3 is 15.0 Å². The van der Waals surface area contributed by atoms with Crippen molar-refractivity contribution in [3.63, 3.8) is 0 Å². The van der Waals surface area contributed by atoms with Crippen molar-refractivity contribution in [1.29, 1.82) is 0 Å². The Bertz CT molecular complexity index is 944. The van der Waals surface area contributed by atoms with Crippen molar-refractivity contribution in [3.8, 4) is 5.75 Å². The Morgan fingerprint density at radius 3 is 2.47 bits per heavy atom. The number of carbonyl (C=O) groups excluding carboxylic acids is 2. The van der Waals surface area contributed by atoms with Crippen LogP contribution in [0.3, 0.4) is 0 Å². The van der Waals surface area contributed by atoms with E-state index in [-0.39, 0.29) is 24.9 Å². The maximum atomic E-state index is 13.3. The molecular weight excluding hydrogens is 421 g/mol. The zero-order chi connectivity index (χ0) is 23.3. The summed E-state index contributed by atoms with van der Waals surface area (Å²) in [6.07, 6.45) is -2.77. The van der Waals surface area contributed by atoms with Gasteiger partial charge in [0.2, 0.25) is 5.91 Å². The largest absolute Gasteiger partial charge is 0.497 e. The van der Waals surface area contributed by atoms with Gasteiger partial charge in [0.25, 0.3) is 5.91 Å². The minimum Gasteiger partial charge on any atom is -0.497 e. The predicted octanol–water partition coefficient (Wildman–Crippen LogP) is 4.49. The summed E-state index contributed by atoms with van der Waals surface area (Å²) in [6.45, 7) is 2.80. The summed E-state index contributed by atoms with van der Waals surface area (Å²) in [7, 11) is 1.53. The molecule has 0 radical (unpaired) electrons. The molecule has 172 valence electrons. The number of carbonyl (C=O) groups is 2. The fourth-order valence-corrected chi connectivity index (χ4v) is 3.95. The summed E-state index contributed by atoms with van der Waals surface area (Å²) >= 11 is 0. The molecule has 8 heteroatoms. The van der Waals surface area contributed by atoms with Crippen molar-refractivity contribution in [3.05, 3.63) is 65.2 Å². The number of likely N-dealkylation sites (tertiary alicyclic amines) is 1. The molecule has 1 heterocycles. The summed E-state index contributed by atoms with van der Waals surface area (Å²) in [4.78, 5) is 27.5. The van der Waals surface area contributed by atoms with Crippen LogP contribution < -0.4 is 10.1 Å². The molecule has 2 amide bonds. The van der Waals surface area contributed by atoms with E-state index in [9.17, 15) is 22.8 Å². The summed E-state index contributed by atoms with van der Waals surface area (Å²) in [5, 5.41) is 2.87. The van der Waals surface area contributed by atoms with Gasteiger partial charge in [0.05, 0.1) is 18.6 Å². The van der Waals surface area contributed by atoms with Gasteiger partial charge in [0, 0.05) is 31.1 Å². The van der Waals surface area contributed by atoms with E-state index >= 15 is 0 Å². The monoisotopic (exact) mass is 448 g/mol. The number of alkyl halides is 3. The average Bonchev–Trinajstić information content (AvgIpc) is 3.24. The number of benzene rings is 2. The standard InChI is InChI=1S/C24H27F3N2O3/c1-3-4-12-28-22(30)21-15-29(23(31)16-8-10-19(32-2)11-9-16)14-20(21)17-6-5-7-18(13-17)24(25,26)27/h5-11,13,20-21H,3-4,12,14-15H2,1-2H3,(H,28,30)/t20-,21+/m1/s1. The van der Waals surface area contributed by atoms with Crippen LogP contribution in [0, 0.1) is 5.92 Å². The first-order valence-electron chi connectivity index (χ1n) is 10.6. The second kappa shape index (κ2) is 10.1. The van der Waals surface area contributed by atoms with Crippen molar-refractivity contribution in [2.24, 2.45) is 5.92 Å². The third-order valence-corrected chi connectivity index (χ3v) is 5.75. The Morgan fingerprint density at radius 1 is 1.12 bits per heavy atom. The molecule has 2 aromatic rings. The molecule has 32 heavy (non-hydrogen) atoms. The van der Waals surface area contributed by atoms with Crippen molar-refractivity contribution >= 4 is 11.8 Å². The van der Waals surface area contributed by atoms with E-state index in [2.05, 4.69) is 5.32 Å². The zero-order valence-corrected chi connectivity index (χ0v) is 18.1. The van der Waals surface area contributed by atoms with E-state index < -0.39 is 23.6 Å². The van der Waals surface area contributed by atoms with E-state index in [0.717, 1.165) is 25.0 Å². The van der Waals surface area contributed by atoms with Crippen molar-refractivity contribution in [2.45, 2.75) is 31.9 Å². The molecule has 0 saturated carbocycles. The Balaban J connectivity index is 1.87. The molecule has 1 N–H and O–H groups in total. The third-order valence-electron chi connectivity index (χ3n) is 5.75. The van der Waals surface area contributed by atoms with Crippen LogP contribution >= 0.6 is 0 Å². The van der Waals surface area contributed by atoms with E-state index in [1.807, 2.05) is 6.92 Å². The molecule has 0 aliphatic carbocycles. The molecule has 0 unspecified atom stereocenters. The molecule has 0 bridgehead atoms. The number of amides is 2. The molecule has 1 aliphatic rings. The van der Waals surface area contributed by atoms with Crippen molar-refractivity contribution in [2.75, 3.05) is 26.7 Å². The average molecular weight is 448 g/mol. The molecule has 0 aromatic heterocycles. The van der Waals surface area contributed by atoms with Crippen LogP contribution in [-0.2, 0) is 11.0 Å². The SMILES string of the molecule is CCCCNC(=O)[C@H]1CN(C(=O)c2ccc(OC)cc2)C[C@@H]1c1cccc(C(F)(F)F)c1. The molecule has 2 aromatic carbocycles. The van der Waals surface area contributed by atoms with Gasteiger partial charge in [0.15, 0.2) is 0 Å². The minimum atomic E-state index is -4.48. The van der Waals surface area contributed by atoms with E-state index in [1.54, 1.807) is 30.3 Å². The first-order chi connectivity index (χ1) is 15.2. The van der Waals surface area contributed by atoms with Crippen LogP contribution in [0.5, 0.6) is 5.75 Å². The summed E-state index contributed by atoms with van der Waals surface area (Å²) in [6, 6.07) is 11.6. The number of ether oxygens (including phenoxy) is 1. The lowest BCUT2D eigenvalue weighted by molar-refractivity contribution is -0.137. The molecule has 1 aliphatic heterocycles. The Kier molecular flexibility index (Phi) is 7.43. The number of rotatable bonds is 7. The topological polar surface area (TPSA) is 58.6 Å². The van der Waals surface area contributed by atoms with E-state index in [0.29, 0.717) is 23.4 Å². The second-order valence-corrected chi connectivity index (χ2v) is 7.92. The van der Waals surface area contributed by atoms with Gasteiger partial charge in [-0.05, 0) is 42.3 Å². The van der Waals surface area contributed by atoms with Gasteiger partial charge in [-0.2, -0.15) is 13.2 Å². The quantitative estimate of drug-likeness (QED) is 0.635. The van der Waals surface area contributed by atoms with Gasteiger partial charge in [-0.25, -0.2) is 0 Å². The van der Waals surface area contributed by atoms with Crippen LogP contribution in [0.4, 0.5) is 13.2 Å². The number of methoxy groups -OCH3 is 1. The number of nitrogens with one attached hydrogen (secondary N) is 1. The maximum Gasteiger partial charge on any atom is 0.416 e. The highest BCUT2D eigenvalue weighted by atomic mass is 19.4. The number of halogens is 3. The van der Waals surface area contributed by atoms with Gasteiger partial charge in [-0.1, -0.05) is 31.5 Å². The first kappa shape index (κ1) is 23.6. The molecule has 1 fully saturated rings. The van der Waals surface area contributed by atoms with Crippen molar-refractivity contribution in [1.82, 2.24) is 10.2 Å². The van der Waals surface area contributed by atoms with Crippen LogP contribution in [0.15, 0.2) is 48.5 Å². The maximum absolute atomic E-state index is 13.3. The molecule has 3 rings (SSSR count). The molecule has 5 nitrogen and oxygen atoms in total. The predicted molar refractivity (Wildman–Crippen MR) is 114 cm³/mol. The fraction of sp³-hybridized carbons (Fsp3) is 0.417. The lowest BCUT2D eigenvalue weighted by Gasteiger charge is -2.19. The lowest BCUT2D eigenvalue weighted by Crippen LogP contribution is -2.36. The molecule has 2 atom stereocenters. The van der Waals surface area contributed by atoms with E-state index in [4.69, 9.17) is 4.74 Å². The van der Waals surface area contributed by atoms with Crippen LogP contribution in [-0.4, -0.2) is 43.5 Å². The van der Waals surface area contributed by atoms with Crippen LogP contribution in [0.2, 0.25) is 0 Å². The van der Waals surface area contributed by atoms with Crippen LogP contribution in [0.25, 0.3) is 0 Å². The number of nitrogens with zero attached hydrogens (tertiary/aromatic N) is 1. The first-order valence-corrected chi connectivity index (χ1v) is 10.6. The molecule has 0 spiro atoms. The lowest BCUT2D eigenvalue weighted by atomic mass is 9.87. The number of hydrogen-bond donors (Lipinski definition) is 1. The van der Waals surface area contributed by atoms with Gasteiger partial charge in [-0.3, -0.25) is 9.59 Å². The highest BCUT2D eigenvalue weighted by molar-refractivity contribution is 5.95. The smallest absolute Gasteiger partial charge is 0.416 e. The van der Waals surface area contributed by atoms with E-state index in [1.165, 1.54) is 18.1 Å².